The zero-order valence-corrected chi connectivity index (χ0v) is 9.66. The molecule has 0 unspecified atom stereocenters. The first-order valence-corrected chi connectivity index (χ1v) is 5.51. The first-order chi connectivity index (χ1) is 8.61. The zero-order chi connectivity index (χ0) is 12.9. The summed E-state index contributed by atoms with van der Waals surface area (Å²) >= 11 is 5.87. The summed E-state index contributed by atoms with van der Waals surface area (Å²) in [6.45, 7) is 0. The molecule has 5 heteroatoms. The SMILES string of the molecule is O=C1c2cccnc2C(=O)c2c(Cl)ccc(F)c21. The van der Waals surface area contributed by atoms with E-state index in [1.54, 1.807) is 0 Å². The third kappa shape index (κ3) is 1.32. The second kappa shape index (κ2) is 3.71. The van der Waals surface area contributed by atoms with Crippen molar-refractivity contribution in [2.24, 2.45) is 0 Å². The number of rotatable bonds is 0. The molecular weight excluding hydrogens is 257 g/mol. The van der Waals surface area contributed by atoms with Gasteiger partial charge < -0.3 is 0 Å². The van der Waals surface area contributed by atoms with Gasteiger partial charge in [0.25, 0.3) is 0 Å². The van der Waals surface area contributed by atoms with Gasteiger partial charge in [0.1, 0.15) is 11.5 Å². The highest BCUT2D eigenvalue weighted by molar-refractivity contribution is 6.38. The van der Waals surface area contributed by atoms with Crippen LogP contribution >= 0.6 is 11.6 Å². The van der Waals surface area contributed by atoms with Gasteiger partial charge in [0.2, 0.25) is 5.78 Å². The molecule has 1 aliphatic rings. The Morgan fingerprint density at radius 3 is 2.61 bits per heavy atom. The number of ketones is 2. The number of benzene rings is 1. The van der Waals surface area contributed by atoms with E-state index in [2.05, 4.69) is 4.98 Å². The predicted octanol–water partition coefficient (Wildman–Crippen LogP) is 2.65. The first-order valence-electron chi connectivity index (χ1n) is 5.13. The van der Waals surface area contributed by atoms with E-state index in [0.717, 1.165) is 6.07 Å². The fourth-order valence-corrected chi connectivity index (χ4v) is 2.26. The summed E-state index contributed by atoms with van der Waals surface area (Å²) in [4.78, 5) is 28.2. The molecule has 0 atom stereocenters. The quantitative estimate of drug-likeness (QED) is 0.625. The molecule has 88 valence electrons. The summed E-state index contributed by atoms with van der Waals surface area (Å²) in [6.07, 6.45) is 1.40. The van der Waals surface area contributed by atoms with E-state index < -0.39 is 17.4 Å². The van der Waals surface area contributed by atoms with Gasteiger partial charge in [-0.05, 0) is 24.3 Å². The molecule has 0 bridgehead atoms. The van der Waals surface area contributed by atoms with Crippen LogP contribution in [0.2, 0.25) is 5.02 Å². The highest BCUT2D eigenvalue weighted by atomic mass is 35.5. The molecule has 0 radical (unpaired) electrons. The maximum atomic E-state index is 13.7. The average molecular weight is 262 g/mol. The molecule has 1 aromatic carbocycles. The monoisotopic (exact) mass is 261 g/mol. The van der Waals surface area contributed by atoms with Crippen LogP contribution < -0.4 is 0 Å². The van der Waals surface area contributed by atoms with Gasteiger partial charge in [0, 0.05) is 6.20 Å². The Bertz CT molecular complexity index is 652. The van der Waals surface area contributed by atoms with E-state index in [1.165, 1.54) is 24.4 Å². The summed E-state index contributed by atoms with van der Waals surface area (Å²) in [5.74, 6) is -1.83. The van der Waals surface area contributed by atoms with Crippen LogP contribution in [0.15, 0.2) is 30.5 Å². The summed E-state index contributed by atoms with van der Waals surface area (Å²) in [5, 5.41) is 0.0565. The minimum atomic E-state index is -0.748. The van der Waals surface area contributed by atoms with Crippen LogP contribution in [0, 0.1) is 5.82 Å². The molecule has 3 rings (SSSR count). The van der Waals surface area contributed by atoms with Gasteiger partial charge in [0.15, 0.2) is 5.78 Å². The minimum Gasteiger partial charge on any atom is -0.288 e. The van der Waals surface area contributed by atoms with Gasteiger partial charge in [-0.3, -0.25) is 14.6 Å². The molecule has 0 aliphatic heterocycles. The van der Waals surface area contributed by atoms with E-state index in [1.807, 2.05) is 0 Å². The summed E-state index contributed by atoms with van der Waals surface area (Å²) in [5.41, 5.74) is -0.250. The van der Waals surface area contributed by atoms with Crippen molar-refractivity contribution in [3.63, 3.8) is 0 Å². The summed E-state index contributed by atoms with van der Waals surface area (Å²) < 4.78 is 13.7. The number of nitrogens with zero attached hydrogens (tertiary/aromatic N) is 1. The van der Waals surface area contributed by atoms with Crippen molar-refractivity contribution in [2.75, 3.05) is 0 Å². The van der Waals surface area contributed by atoms with Crippen LogP contribution in [0.4, 0.5) is 4.39 Å². The van der Waals surface area contributed by atoms with E-state index in [-0.39, 0.29) is 27.4 Å². The standard InChI is InChI=1S/C13H5ClFNO2/c14-7-3-4-8(15)10-9(7)13(18)11-6(12(10)17)2-1-5-16-11/h1-5H. The van der Waals surface area contributed by atoms with Crippen molar-refractivity contribution < 1.29 is 14.0 Å². The van der Waals surface area contributed by atoms with Crippen molar-refractivity contribution in [1.82, 2.24) is 4.98 Å². The molecule has 0 spiro atoms. The topological polar surface area (TPSA) is 47.0 Å². The first kappa shape index (κ1) is 11.0. The number of carbonyl (C=O) groups is 2. The highest BCUT2D eigenvalue weighted by Crippen LogP contribution is 2.32. The maximum absolute atomic E-state index is 13.7. The Labute approximate surface area is 106 Å². The number of halogens is 2. The molecule has 0 saturated carbocycles. The fraction of sp³-hybridized carbons (Fsp3) is 0. The lowest BCUT2D eigenvalue weighted by atomic mass is 9.86. The number of carbonyl (C=O) groups excluding carboxylic acids is 2. The number of hydrogen-bond donors (Lipinski definition) is 0. The Kier molecular flexibility index (Phi) is 2.28. The van der Waals surface area contributed by atoms with Gasteiger partial charge in [-0.25, -0.2) is 4.39 Å². The normalized spacial score (nSPS) is 13.2. The van der Waals surface area contributed by atoms with E-state index in [0.29, 0.717) is 0 Å². The van der Waals surface area contributed by atoms with Gasteiger partial charge in [0.05, 0.1) is 21.7 Å². The Morgan fingerprint density at radius 2 is 1.83 bits per heavy atom. The van der Waals surface area contributed by atoms with Crippen molar-refractivity contribution >= 4 is 23.2 Å². The average Bonchev–Trinajstić information content (AvgIpc) is 2.38. The molecule has 1 heterocycles. The van der Waals surface area contributed by atoms with E-state index in [4.69, 9.17) is 11.6 Å². The number of pyridine rings is 1. The molecule has 0 N–H and O–H groups in total. The van der Waals surface area contributed by atoms with Crippen molar-refractivity contribution in [1.29, 1.82) is 0 Å². The number of fused-ring (bicyclic) bond motifs is 2. The molecular formula is C13H5ClFNO2. The highest BCUT2D eigenvalue weighted by Gasteiger charge is 2.34. The molecule has 0 fully saturated rings. The summed E-state index contributed by atoms with van der Waals surface area (Å²) in [6, 6.07) is 5.31. The van der Waals surface area contributed by atoms with Gasteiger partial charge in [-0.1, -0.05) is 11.6 Å². The number of aromatic nitrogens is 1. The fourth-order valence-electron chi connectivity index (χ4n) is 2.02. The van der Waals surface area contributed by atoms with Gasteiger partial charge in [-0.15, -0.1) is 0 Å². The minimum absolute atomic E-state index is 0.0162. The van der Waals surface area contributed by atoms with Gasteiger partial charge >= 0.3 is 0 Å². The molecule has 1 aromatic heterocycles. The van der Waals surface area contributed by atoms with Crippen LogP contribution in [0.25, 0.3) is 0 Å². The molecule has 0 saturated heterocycles. The zero-order valence-electron chi connectivity index (χ0n) is 8.91. The molecule has 3 nitrogen and oxygen atoms in total. The van der Waals surface area contributed by atoms with E-state index >= 15 is 0 Å². The molecule has 1 aliphatic carbocycles. The molecule has 18 heavy (non-hydrogen) atoms. The second-order valence-electron chi connectivity index (χ2n) is 3.84. The second-order valence-corrected chi connectivity index (χ2v) is 4.24. The lowest BCUT2D eigenvalue weighted by Gasteiger charge is -2.17. The smallest absolute Gasteiger partial charge is 0.214 e. The molecule has 0 amide bonds. The Morgan fingerprint density at radius 1 is 1.06 bits per heavy atom. The van der Waals surface area contributed by atoms with Crippen LogP contribution in [-0.4, -0.2) is 16.6 Å². The van der Waals surface area contributed by atoms with Crippen molar-refractivity contribution in [3.8, 4) is 0 Å². The molecule has 2 aromatic rings. The van der Waals surface area contributed by atoms with Crippen LogP contribution in [0.5, 0.6) is 0 Å². The lowest BCUT2D eigenvalue weighted by molar-refractivity contribution is 0.0972. The third-order valence-corrected chi connectivity index (χ3v) is 3.14. The number of hydrogen-bond acceptors (Lipinski definition) is 3. The largest absolute Gasteiger partial charge is 0.288 e. The Hall–Kier alpha value is -2.07. The van der Waals surface area contributed by atoms with Gasteiger partial charge in [-0.2, -0.15) is 0 Å². The van der Waals surface area contributed by atoms with Crippen LogP contribution in [0.1, 0.15) is 32.0 Å². The van der Waals surface area contributed by atoms with Crippen molar-refractivity contribution in [3.05, 3.63) is 63.7 Å². The third-order valence-electron chi connectivity index (χ3n) is 2.83. The maximum Gasteiger partial charge on any atom is 0.214 e. The Balaban J connectivity index is 2.41. The lowest BCUT2D eigenvalue weighted by Crippen LogP contribution is -2.23. The summed E-state index contributed by atoms with van der Waals surface area (Å²) in [7, 11) is 0. The van der Waals surface area contributed by atoms with Crippen LogP contribution in [-0.2, 0) is 0 Å². The predicted molar refractivity (Wildman–Crippen MR) is 62.5 cm³/mol. The van der Waals surface area contributed by atoms with Crippen LogP contribution in [0.3, 0.4) is 0 Å². The van der Waals surface area contributed by atoms with Crippen molar-refractivity contribution in [2.45, 2.75) is 0 Å². The van der Waals surface area contributed by atoms with E-state index in [9.17, 15) is 14.0 Å².